The molecule has 0 heterocycles. The van der Waals surface area contributed by atoms with Crippen molar-refractivity contribution in [2.45, 2.75) is 0 Å². The molecule has 0 atom stereocenters. The highest BCUT2D eigenvalue weighted by molar-refractivity contribution is 5.95. The predicted octanol–water partition coefficient (Wildman–Crippen LogP) is 0.484. The summed E-state index contributed by atoms with van der Waals surface area (Å²) in [5.41, 5.74) is 9.22. The van der Waals surface area contributed by atoms with Crippen LogP contribution in [0.25, 0.3) is 0 Å². The number of anilines is 1. The summed E-state index contributed by atoms with van der Waals surface area (Å²) < 4.78 is 5.02. The van der Waals surface area contributed by atoms with Gasteiger partial charge in [-0.25, -0.2) is 5.01 Å². The van der Waals surface area contributed by atoms with Crippen molar-refractivity contribution < 1.29 is 9.53 Å². The molecule has 1 amide bonds. The van der Waals surface area contributed by atoms with Crippen molar-refractivity contribution in [2.24, 2.45) is 0 Å². The number of nitrogens with two attached hydrogens (primary N) is 1. The van der Waals surface area contributed by atoms with Crippen LogP contribution in [-0.2, 0) is 0 Å². The van der Waals surface area contributed by atoms with E-state index >= 15 is 0 Å². The average Bonchev–Trinajstić information content (AvgIpc) is 2.15. The maximum Gasteiger partial charge on any atom is 0.265 e. The van der Waals surface area contributed by atoms with Gasteiger partial charge in [-0.1, -0.05) is 0 Å². The number of benzene rings is 1. The van der Waals surface area contributed by atoms with Gasteiger partial charge in [0.2, 0.25) is 0 Å². The topological polar surface area (TPSA) is 67.6 Å². The average molecular weight is 209 g/mol. The Morgan fingerprint density at radius 2 is 2.07 bits per heavy atom. The van der Waals surface area contributed by atoms with Crippen LogP contribution in [0.15, 0.2) is 18.2 Å². The second-order valence-electron chi connectivity index (χ2n) is 3.33. The molecule has 0 aliphatic heterocycles. The van der Waals surface area contributed by atoms with Gasteiger partial charge in [-0.05, 0) is 12.1 Å². The molecule has 0 aliphatic rings. The molecule has 1 aromatic carbocycles. The number of nitrogens with one attached hydrogen (secondary N) is 1. The Morgan fingerprint density at radius 3 is 2.60 bits per heavy atom. The molecule has 0 unspecified atom stereocenters. The standard InChI is InChI=1S/C10H15N3O2/c1-13(2)12-10(14)7-4-8(11)6-9(5-7)15-3/h4-6H,11H2,1-3H3,(H,12,14). The number of nitrogens with zero attached hydrogens (tertiary/aromatic N) is 1. The van der Waals surface area contributed by atoms with E-state index in [1.54, 1.807) is 37.3 Å². The number of hydrogen-bond acceptors (Lipinski definition) is 4. The van der Waals surface area contributed by atoms with Crippen molar-refractivity contribution in [1.29, 1.82) is 0 Å². The van der Waals surface area contributed by atoms with Crippen LogP contribution in [0.5, 0.6) is 5.75 Å². The molecule has 0 saturated heterocycles. The normalized spacial score (nSPS) is 10.1. The molecular formula is C10H15N3O2. The molecule has 0 fully saturated rings. The first-order valence-electron chi connectivity index (χ1n) is 4.46. The Bertz CT molecular complexity index is 364. The van der Waals surface area contributed by atoms with Crippen molar-refractivity contribution in [2.75, 3.05) is 26.9 Å². The van der Waals surface area contributed by atoms with Crippen LogP contribution < -0.4 is 15.9 Å². The van der Waals surface area contributed by atoms with Gasteiger partial charge >= 0.3 is 0 Å². The van der Waals surface area contributed by atoms with Gasteiger partial charge in [0.25, 0.3) is 5.91 Å². The molecular weight excluding hydrogens is 194 g/mol. The molecule has 1 rings (SSSR count). The molecule has 5 nitrogen and oxygen atoms in total. The first-order chi connectivity index (χ1) is 7.02. The molecule has 5 heteroatoms. The minimum atomic E-state index is -0.217. The van der Waals surface area contributed by atoms with Gasteiger partial charge in [0.05, 0.1) is 7.11 Å². The lowest BCUT2D eigenvalue weighted by Crippen LogP contribution is -2.36. The van der Waals surface area contributed by atoms with Gasteiger partial charge in [-0.3, -0.25) is 10.2 Å². The summed E-state index contributed by atoms with van der Waals surface area (Å²) in [6, 6.07) is 4.89. The number of hydrogen-bond donors (Lipinski definition) is 2. The van der Waals surface area contributed by atoms with E-state index in [4.69, 9.17) is 10.5 Å². The third kappa shape index (κ3) is 3.14. The van der Waals surface area contributed by atoms with Crippen LogP contribution in [0, 0.1) is 0 Å². The molecule has 1 aromatic rings. The fourth-order valence-electron chi connectivity index (χ4n) is 1.14. The maximum absolute atomic E-state index is 11.6. The molecule has 0 spiro atoms. The number of rotatable bonds is 3. The summed E-state index contributed by atoms with van der Waals surface area (Å²) >= 11 is 0. The Labute approximate surface area is 88.8 Å². The van der Waals surface area contributed by atoms with Gasteiger partial charge in [0, 0.05) is 31.4 Å². The molecule has 3 N–H and O–H groups in total. The van der Waals surface area contributed by atoms with Crippen LogP contribution >= 0.6 is 0 Å². The third-order valence-corrected chi connectivity index (χ3v) is 1.75. The Morgan fingerprint density at radius 1 is 1.40 bits per heavy atom. The zero-order chi connectivity index (χ0) is 11.4. The van der Waals surface area contributed by atoms with E-state index in [0.717, 1.165) is 0 Å². The minimum absolute atomic E-state index is 0.217. The van der Waals surface area contributed by atoms with E-state index in [1.807, 2.05) is 0 Å². The Balaban J connectivity index is 2.93. The quantitative estimate of drug-likeness (QED) is 0.561. The molecule has 0 saturated carbocycles. The number of nitrogen functional groups attached to an aromatic ring is 1. The highest BCUT2D eigenvalue weighted by Crippen LogP contribution is 2.18. The van der Waals surface area contributed by atoms with Crippen LogP contribution in [0.2, 0.25) is 0 Å². The first kappa shape index (κ1) is 11.3. The number of amides is 1. The molecule has 15 heavy (non-hydrogen) atoms. The van der Waals surface area contributed by atoms with Gasteiger partial charge < -0.3 is 10.5 Å². The zero-order valence-electron chi connectivity index (χ0n) is 9.07. The van der Waals surface area contributed by atoms with E-state index in [2.05, 4.69) is 5.43 Å². The summed E-state index contributed by atoms with van der Waals surface area (Å²) in [6.07, 6.45) is 0. The summed E-state index contributed by atoms with van der Waals surface area (Å²) in [5, 5.41) is 1.57. The van der Waals surface area contributed by atoms with Crippen molar-refractivity contribution >= 4 is 11.6 Å². The smallest absolute Gasteiger partial charge is 0.265 e. The highest BCUT2D eigenvalue weighted by Gasteiger charge is 2.08. The monoisotopic (exact) mass is 209 g/mol. The van der Waals surface area contributed by atoms with Crippen molar-refractivity contribution in [3.05, 3.63) is 23.8 Å². The van der Waals surface area contributed by atoms with Gasteiger partial charge in [0.1, 0.15) is 5.75 Å². The Kier molecular flexibility index (Phi) is 3.51. The lowest BCUT2D eigenvalue weighted by molar-refractivity contribution is 0.0856. The SMILES string of the molecule is COc1cc(N)cc(C(=O)NN(C)C)c1. The van der Waals surface area contributed by atoms with Crippen LogP contribution in [0.4, 0.5) is 5.69 Å². The fraction of sp³-hybridized carbons (Fsp3) is 0.300. The van der Waals surface area contributed by atoms with Crippen molar-refractivity contribution in [1.82, 2.24) is 10.4 Å². The summed E-state index contributed by atoms with van der Waals surface area (Å²) in [4.78, 5) is 11.6. The number of ether oxygens (including phenoxy) is 1. The zero-order valence-corrected chi connectivity index (χ0v) is 9.07. The molecule has 82 valence electrons. The summed E-state index contributed by atoms with van der Waals surface area (Å²) in [7, 11) is 5.01. The largest absolute Gasteiger partial charge is 0.497 e. The molecule has 0 aliphatic carbocycles. The highest BCUT2D eigenvalue weighted by atomic mass is 16.5. The Hall–Kier alpha value is -1.75. The third-order valence-electron chi connectivity index (χ3n) is 1.75. The van der Waals surface area contributed by atoms with Gasteiger partial charge in [-0.15, -0.1) is 0 Å². The minimum Gasteiger partial charge on any atom is -0.497 e. The summed E-state index contributed by atoms with van der Waals surface area (Å²) in [6.45, 7) is 0. The number of carbonyl (C=O) groups is 1. The van der Waals surface area contributed by atoms with Crippen molar-refractivity contribution in [3.8, 4) is 5.75 Å². The van der Waals surface area contributed by atoms with E-state index in [-0.39, 0.29) is 5.91 Å². The fourth-order valence-corrected chi connectivity index (χ4v) is 1.14. The lowest BCUT2D eigenvalue weighted by atomic mass is 10.2. The first-order valence-corrected chi connectivity index (χ1v) is 4.46. The van der Waals surface area contributed by atoms with Crippen LogP contribution in [0.1, 0.15) is 10.4 Å². The second kappa shape index (κ2) is 4.65. The number of methoxy groups -OCH3 is 1. The number of carbonyl (C=O) groups excluding carboxylic acids is 1. The van der Waals surface area contributed by atoms with Gasteiger partial charge in [-0.2, -0.15) is 0 Å². The van der Waals surface area contributed by atoms with E-state index in [9.17, 15) is 4.79 Å². The van der Waals surface area contributed by atoms with Gasteiger partial charge in [0.15, 0.2) is 0 Å². The van der Waals surface area contributed by atoms with E-state index in [0.29, 0.717) is 17.0 Å². The maximum atomic E-state index is 11.6. The van der Waals surface area contributed by atoms with Crippen molar-refractivity contribution in [3.63, 3.8) is 0 Å². The van der Waals surface area contributed by atoms with Crippen LogP contribution in [0.3, 0.4) is 0 Å². The van der Waals surface area contributed by atoms with E-state index < -0.39 is 0 Å². The molecule has 0 aromatic heterocycles. The second-order valence-corrected chi connectivity index (χ2v) is 3.33. The summed E-state index contributed by atoms with van der Waals surface area (Å²) in [5.74, 6) is 0.351. The molecule has 0 bridgehead atoms. The number of hydrazine groups is 1. The molecule has 0 radical (unpaired) electrons. The van der Waals surface area contributed by atoms with Crippen LogP contribution in [-0.4, -0.2) is 32.1 Å². The lowest BCUT2D eigenvalue weighted by Gasteiger charge is -2.12. The van der Waals surface area contributed by atoms with E-state index in [1.165, 1.54) is 7.11 Å². The predicted molar refractivity (Wildman–Crippen MR) is 58.6 cm³/mol.